The summed E-state index contributed by atoms with van der Waals surface area (Å²) in [5.74, 6) is 1.63. The van der Waals surface area contributed by atoms with Crippen molar-refractivity contribution in [2.75, 3.05) is 7.11 Å². The normalized spacial score (nSPS) is 12.0. The van der Waals surface area contributed by atoms with Crippen LogP contribution >= 0.6 is 11.3 Å². The number of sulfonamides is 1. The SMILES string of the molecule is COc1ccsc1S(=O)(=O)NCc1oc(C(C)C)nc1C. The lowest BCUT2D eigenvalue weighted by molar-refractivity contribution is 0.405. The Morgan fingerprint density at radius 2 is 2.19 bits per heavy atom. The van der Waals surface area contributed by atoms with E-state index in [1.165, 1.54) is 7.11 Å². The predicted octanol–water partition coefficient (Wildman–Crippen LogP) is 2.66. The molecule has 0 aliphatic rings. The highest BCUT2D eigenvalue weighted by molar-refractivity contribution is 7.91. The van der Waals surface area contributed by atoms with E-state index in [0.717, 1.165) is 11.3 Å². The van der Waals surface area contributed by atoms with Gasteiger partial charge in [0.2, 0.25) is 0 Å². The summed E-state index contributed by atoms with van der Waals surface area (Å²) in [5, 5.41) is 1.67. The van der Waals surface area contributed by atoms with Gasteiger partial charge < -0.3 is 9.15 Å². The topological polar surface area (TPSA) is 81.4 Å². The Kier molecular flexibility index (Phi) is 4.70. The molecule has 0 unspecified atom stereocenters. The van der Waals surface area contributed by atoms with Crippen LogP contribution in [0.1, 0.15) is 37.1 Å². The van der Waals surface area contributed by atoms with Crippen LogP contribution in [0.2, 0.25) is 0 Å². The van der Waals surface area contributed by atoms with Gasteiger partial charge in [-0.3, -0.25) is 0 Å². The quantitative estimate of drug-likeness (QED) is 0.880. The standard InChI is InChI=1S/C13H18N2O4S2/c1-8(2)12-15-9(3)11(19-12)7-14-21(16,17)13-10(18-4)5-6-20-13/h5-6,8,14H,7H2,1-4H3. The first-order valence-electron chi connectivity index (χ1n) is 6.42. The third kappa shape index (κ3) is 3.45. The zero-order valence-corrected chi connectivity index (χ0v) is 14.0. The number of ether oxygens (including phenoxy) is 1. The number of hydrogen-bond acceptors (Lipinski definition) is 6. The molecule has 0 aliphatic heterocycles. The smallest absolute Gasteiger partial charge is 0.254 e. The van der Waals surface area contributed by atoms with E-state index < -0.39 is 10.0 Å². The second-order valence-corrected chi connectivity index (χ2v) is 7.69. The third-order valence-electron chi connectivity index (χ3n) is 2.89. The predicted molar refractivity (Wildman–Crippen MR) is 80.2 cm³/mol. The van der Waals surface area contributed by atoms with Crippen molar-refractivity contribution in [2.45, 2.75) is 37.4 Å². The molecule has 0 fully saturated rings. The molecule has 0 saturated carbocycles. The van der Waals surface area contributed by atoms with Gasteiger partial charge in [0, 0.05) is 5.92 Å². The van der Waals surface area contributed by atoms with Crippen molar-refractivity contribution in [3.05, 3.63) is 28.8 Å². The van der Waals surface area contributed by atoms with Crippen molar-refractivity contribution in [2.24, 2.45) is 0 Å². The zero-order chi connectivity index (χ0) is 15.6. The Labute approximate surface area is 128 Å². The number of hydrogen-bond donors (Lipinski definition) is 1. The van der Waals surface area contributed by atoms with Crippen molar-refractivity contribution in [3.8, 4) is 5.75 Å². The van der Waals surface area contributed by atoms with Crippen LogP contribution in [-0.2, 0) is 16.6 Å². The Bertz CT molecular complexity index is 716. The van der Waals surface area contributed by atoms with Gasteiger partial charge in [0.1, 0.15) is 11.5 Å². The fourth-order valence-corrected chi connectivity index (χ4v) is 4.02. The zero-order valence-electron chi connectivity index (χ0n) is 12.3. The molecule has 0 bridgehead atoms. The fraction of sp³-hybridized carbons (Fsp3) is 0.462. The Morgan fingerprint density at radius 3 is 2.76 bits per heavy atom. The number of methoxy groups -OCH3 is 1. The molecule has 0 aromatic carbocycles. The molecule has 2 aromatic rings. The monoisotopic (exact) mass is 330 g/mol. The van der Waals surface area contributed by atoms with Crippen LogP contribution in [0.25, 0.3) is 0 Å². The lowest BCUT2D eigenvalue weighted by Crippen LogP contribution is -2.23. The number of nitrogens with zero attached hydrogens (tertiary/aromatic N) is 1. The van der Waals surface area contributed by atoms with E-state index >= 15 is 0 Å². The van der Waals surface area contributed by atoms with Crippen LogP contribution in [0.5, 0.6) is 5.75 Å². The van der Waals surface area contributed by atoms with Gasteiger partial charge in [0.15, 0.2) is 10.1 Å². The van der Waals surface area contributed by atoms with Crippen molar-refractivity contribution in [3.63, 3.8) is 0 Å². The molecule has 0 spiro atoms. The highest BCUT2D eigenvalue weighted by atomic mass is 32.2. The second kappa shape index (κ2) is 6.17. The van der Waals surface area contributed by atoms with Crippen LogP contribution in [0, 0.1) is 6.92 Å². The van der Waals surface area contributed by atoms with Gasteiger partial charge in [-0.05, 0) is 18.4 Å². The summed E-state index contributed by atoms with van der Waals surface area (Å²) in [4.78, 5) is 4.28. The molecule has 8 heteroatoms. The van der Waals surface area contributed by atoms with E-state index in [2.05, 4.69) is 9.71 Å². The maximum absolute atomic E-state index is 12.3. The Hall–Kier alpha value is -1.38. The molecule has 0 radical (unpaired) electrons. The maximum Gasteiger partial charge on any atom is 0.254 e. The van der Waals surface area contributed by atoms with Gasteiger partial charge in [-0.2, -0.15) is 0 Å². The number of oxazole rings is 1. The Morgan fingerprint density at radius 1 is 1.48 bits per heavy atom. The lowest BCUT2D eigenvalue weighted by Gasteiger charge is -2.05. The molecular formula is C13H18N2O4S2. The van der Waals surface area contributed by atoms with Gasteiger partial charge in [0.05, 0.1) is 19.3 Å². The number of nitrogens with one attached hydrogen (secondary N) is 1. The first kappa shape index (κ1) is 16.0. The van der Waals surface area contributed by atoms with Gasteiger partial charge >= 0.3 is 0 Å². The van der Waals surface area contributed by atoms with Crippen LogP contribution in [0.4, 0.5) is 0 Å². The molecule has 21 heavy (non-hydrogen) atoms. The van der Waals surface area contributed by atoms with E-state index in [-0.39, 0.29) is 16.7 Å². The highest BCUT2D eigenvalue weighted by Crippen LogP contribution is 2.29. The minimum atomic E-state index is -3.63. The van der Waals surface area contributed by atoms with Crippen LogP contribution in [0.3, 0.4) is 0 Å². The van der Waals surface area contributed by atoms with E-state index in [1.807, 2.05) is 13.8 Å². The average Bonchev–Trinajstić information content (AvgIpc) is 3.03. The van der Waals surface area contributed by atoms with E-state index in [0.29, 0.717) is 23.1 Å². The molecule has 6 nitrogen and oxygen atoms in total. The van der Waals surface area contributed by atoms with E-state index in [9.17, 15) is 8.42 Å². The summed E-state index contributed by atoms with van der Waals surface area (Å²) in [6, 6.07) is 1.62. The number of aryl methyl sites for hydroxylation is 1. The van der Waals surface area contributed by atoms with Crippen molar-refractivity contribution in [1.29, 1.82) is 0 Å². The van der Waals surface area contributed by atoms with Crippen molar-refractivity contribution in [1.82, 2.24) is 9.71 Å². The summed E-state index contributed by atoms with van der Waals surface area (Å²) in [5.41, 5.74) is 0.694. The van der Waals surface area contributed by atoms with Crippen LogP contribution < -0.4 is 9.46 Å². The number of aromatic nitrogens is 1. The Balaban J connectivity index is 2.16. The van der Waals surface area contributed by atoms with Gasteiger partial charge in [0.25, 0.3) is 10.0 Å². The van der Waals surface area contributed by atoms with Gasteiger partial charge in [-0.25, -0.2) is 18.1 Å². The van der Waals surface area contributed by atoms with Crippen molar-refractivity contribution < 1.29 is 17.6 Å². The average molecular weight is 330 g/mol. The molecule has 0 atom stereocenters. The van der Waals surface area contributed by atoms with Crippen molar-refractivity contribution >= 4 is 21.4 Å². The highest BCUT2D eigenvalue weighted by Gasteiger charge is 2.22. The molecule has 0 aliphatic carbocycles. The third-order valence-corrected chi connectivity index (χ3v) is 5.73. The summed E-state index contributed by atoms with van der Waals surface area (Å²) >= 11 is 1.11. The molecule has 116 valence electrons. The van der Waals surface area contributed by atoms with E-state index in [1.54, 1.807) is 18.4 Å². The first-order valence-corrected chi connectivity index (χ1v) is 8.78. The molecule has 2 heterocycles. The van der Waals surface area contributed by atoms with Crippen LogP contribution in [0.15, 0.2) is 20.1 Å². The molecule has 0 amide bonds. The molecule has 2 rings (SSSR count). The summed E-state index contributed by atoms with van der Waals surface area (Å²) < 4.78 is 37.8. The molecule has 0 saturated heterocycles. The fourth-order valence-electron chi connectivity index (χ4n) is 1.72. The maximum atomic E-state index is 12.3. The minimum absolute atomic E-state index is 0.0644. The summed E-state index contributed by atoms with van der Waals surface area (Å²) in [7, 11) is -2.19. The molecule has 2 aromatic heterocycles. The minimum Gasteiger partial charge on any atom is -0.494 e. The largest absolute Gasteiger partial charge is 0.494 e. The number of thiophene rings is 1. The van der Waals surface area contributed by atoms with Gasteiger partial charge in [-0.1, -0.05) is 13.8 Å². The van der Waals surface area contributed by atoms with Crippen LogP contribution in [-0.4, -0.2) is 20.5 Å². The first-order chi connectivity index (χ1) is 9.85. The number of rotatable bonds is 6. The molecular weight excluding hydrogens is 312 g/mol. The summed E-state index contributed by atoms with van der Waals surface area (Å²) in [6.45, 7) is 5.80. The lowest BCUT2D eigenvalue weighted by atomic mass is 10.2. The van der Waals surface area contributed by atoms with E-state index in [4.69, 9.17) is 9.15 Å². The second-order valence-electron chi connectivity index (χ2n) is 4.82. The molecule has 1 N–H and O–H groups in total. The van der Waals surface area contributed by atoms with Gasteiger partial charge in [-0.15, -0.1) is 11.3 Å². The summed E-state index contributed by atoms with van der Waals surface area (Å²) in [6.07, 6.45) is 0.